The molecule has 0 amide bonds. The molecule has 0 aliphatic heterocycles. The molecule has 0 unspecified atom stereocenters. The van der Waals surface area contributed by atoms with E-state index < -0.39 is 0 Å². The van der Waals surface area contributed by atoms with Crippen molar-refractivity contribution in [1.29, 1.82) is 0 Å². The Morgan fingerprint density at radius 2 is 2.24 bits per heavy atom. The molecule has 0 radical (unpaired) electrons. The molecule has 1 aromatic carbocycles. The first-order chi connectivity index (χ1) is 8.09. The predicted octanol–water partition coefficient (Wildman–Crippen LogP) is 3.43. The molecule has 0 spiro atoms. The molecular formula is C12H14BrFN2S. The highest BCUT2D eigenvalue weighted by atomic mass is 79.9. The molecule has 1 aliphatic rings. The minimum Gasteiger partial charge on any atom is -0.389 e. The van der Waals surface area contributed by atoms with Crippen molar-refractivity contribution >= 4 is 38.8 Å². The first-order valence-electron chi connectivity index (χ1n) is 5.61. The van der Waals surface area contributed by atoms with E-state index in [-0.39, 0.29) is 10.8 Å². The summed E-state index contributed by atoms with van der Waals surface area (Å²) in [5, 5.41) is 3.13. The lowest BCUT2D eigenvalue weighted by atomic mass is 9.85. The largest absolute Gasteiger partial charge is 0.389 e. The van der Waals surface area contributed by atoms with Gasteiger partial charge >= 0.3 is 0 Å². The molecule has 1 aliphatic carbocycles. The molecule has 2 rings (SSSR count). The number of nitrogens with two attached hydrogens (primary N) is 1. The summed E-state index contributed by atoms with van der Waals surface area (Å²) in [6.07, 6.45) is 3.76. The number of rotatable bonds is 4. The van der Waals surface area contributed by atoms with Crippen molar-refractivity contribution < 1.29 is 4.39 Å². The molecule has 1 saturated carbocycles. The summed E-state index contributed by atoms with van der Waals surface area (Å²) < 4.78 is 14.3. The van der Waals surface area contributed by atoms with Crippen LogP contribution in [0.3, 0.4) is 0 Å². The smallest absolute Gasteiger partial charge is 0.161 e. The van der Waals surface area contributed by atoms with Crippen LogP contribution in [-0.4, -0.2) is 11.5 Å². The Balaban J connectivity index is 2.12. The monoisotopic (exact) mass is 316 g/mol. The van der Waals surface area contributed by atoms with Crippen molar-refractivity contribution in [3.8, 4) is 0 Å². The van der Waals surface area contributed by atoms with Gasteiger partial charge in [-0.3, -0.25) is 0 Å². The van der Waals surface area contributed by atoms with Crippen LogP contribution in [0.15, 0.2) is 16.6 Å². The van der Waals surface area contributed by atoms with Gasteiger partial charge in [0.1, 0.15) is 4.99 Å². The Hall–Kier alpha value is -0.680. The van der Waals surface area contributed by atoms with Gasteiger partial charge in [-0.05, 0) is 46.8 Å². The first kappa shape index (κ1) is 12.8. The fraction of sp³-hybridized carbons (Fsp3) is 0.417. The first-order valence-corrected chi connectivity index (χ1v) is 6.81. The van der Waals surface area contributed by atoms with Crippen LogP contribution in [0.5, 0.6) is 0 Å². The second-order valence-corrected chi connectivity index (χ2v) is 5.56. The van der Waals surface area contributed by atoms with Gasteiger partial charge in [0.05, 0.1) is 10.2 Å². The number of hydrogen-bond donors (Lipinski definition) is 2. The number of nitrogens with one attached hydrogen (secondary N) is 1. The average molecular weight is 317 g/mol. The van der Waals surface area contributed by atoms with E-state index in [4.69, 9.17) is 18.0 Å². The van der Waals surface area contributed by atoms with E-state index in [1.54, 1.807) is 12.1 Å². The van der Waals surface area contributed by atoms with Gasteiger partial charge in [0.15, 0.2) is 5.82 Å². The quantitative estimate of drug-likeness (QED) is 0.836. The Morgan fingerprint density at radius 3 is 2.76 bits per heavy atom. The van der Waals surface area contributed by atoms with E-state index >= 15 is 0 Å². The van der Waals surface area contributed by atoms with Gasteiger partial charge in [0, 0.05) is 12.1 Å². The topological polar surface area (TPSA) is 38.0 Å². The standard InChI is InChI=1S/C12H14BrFN2S/c13-10-8(12(15)17)4-5-9(11(10)14)16-6-7-2-1-3-7/h4-5,7,16H,1-3,6H2,(H2,15,17). The van der Waals surface area contributed by atoms with Crippen molar-refractivity contribution in [1.82, 2.24) is 0 Å². The van der Waals surface area contributed by atoms with E-state index in [9.17, 15) is 4.39 Å². The minimum atomic E-state index is -0.324. The van der Waals surface area contributed by atoms with Gasteiger partial charge in [-0.1, -0.05) is 18.6 Å². The van der Waals surface area contributed by atoms with Crippen LogP contribution in [0.4, 0.5) is 10.1 Å². The van der Waals surface area contributed by atoms with E-state index in [1.807, 2.05) is 0 Å². The van der Waals surface area contributed by atoms with E-state index in [2.05, 4.69) is 21.2 Å². The summed E-state index contributed by atoms with van der Waals surface area (Å²) in [5.41, 5.74) is 6.54. The van der Waals surface area contributed by atoms with Gasteiger partial charge in [-0.15, -0.1) is 0 Å². The highest BCUT2D eigenvalue weighted by Gasteiger charge is 2.18. The second kappa shape index (κ2) is 5.31. The van der Waals surface area contributed by atoms with Crippen LogP contribution in [0.2, 0.25) is 0 Å². The van der Waals surface area contributed by atoms with E-state index in [0.29, 0.717) is 21.6 Å². The Bertz CT molecular complexity index is 446. The Morgan fingerprint density at radius 1 is 1.53 bits per heavy atom. The fourth-order valence-corrected chi connectivity index (χ4v) is 2.69. The molecule has 0 aromatic heterocycles. The van der Waals surface area contributed by atoms with Crippen LogP contribution < -0.4 is 11.1 Å². The average Bonchev–Trinajstić information content (AvgIpc) is 2.21. The van der Waals surface area contributed by atoms with Crippen LogP contribution in [-0.2, 0) is 0 Å². The molecule has 1 fully saturated rings. The maximum atomic E-state index is 14.0. The normalized spacial score (nSPS) is 15.4. The molecular weight excluding hydrogens is 303 g/mol. The third-order valence-electron chi connectivity index (χ3n) is 3.15. The number of thiocarbonyl (C=S) groups is 1. The maximum absolute atomic E-state index is 14.0. The molecule has 0 bridgehead atoms. The summed E-state index contributed by atoms with van der Waals surface area (Å²) in [6.45, 7) is 0.829. The lowest BCUT2D eigenvalue weighted by molar-refractivity contribution is 0.333. The highest BCUT2D eigenvalue weighted by molar-refractivity contribution is 9.10. The van der Waals surface area contributed by atoms with Crippen molar-refractivity contribution in [2.75, 3.05) is 11.9 Å². The lowest BCUT2D eigenvalue weighted by Crippen LogP contribution is -2.21. The Labute approximate surface area is 114 Å². The van der Waals surface area contributed by atoms with Crippen molar-refractivity contribution in [3.63, 3.8) is 0 Å². The van der Waals surface area contributed by atoms with E-state index in [1.165, 1.54) is 19.3 Å². The molecule has 0 heterocycles. The Kier molecular flexibility index (Phi) is 3.99. The third kappa shape index (κ3) is 2.77. The zero-order chi connectivity index (χ0) is 12.4. The molecule has 3 N–H and O–H groups in total. The fourth-order valence-electron chi connectivity index (χ4n) is 1.83. The van der Waals surface area contributed by atoms with Crippen LogP contribution >= 0.6 is 28.1 Å². The van der Waals surface area contributed by atoms with Gasteiger partial charge in [-0.2, -0.15) is 0 Å². The molecule has 2 nitrogen and oxygen atoms in total. The zero-order valence-electron chi connectivity index (χ0n) is 9.30. The van der Waals surface area contributed by atoms with Crippen LogP contribution in [0, 0.1) is 11.7 Å². The summed E-state index contributed by atoms with van der Waals surface area (Å²) in [5.74, 6) is 0.359. The summed E-state index contributed by atoms with van der Waals surface area (Å²) >= 11 is 8.03. The van der Waals surface area contributed by atoms with Crippen molar-refractivity contribution in [2.45, 2.75) is 19.3 Å². The molecule has 0 saturated heterocycles. The van der Waals surface area contributed by atoms with Crippen LogP contribution in [0.1, 0.15) is 24.8 Å². The van der Waals surface area contributed by atoms with Gasteiger partial charge in [0.25, 0.3) is 0 Å². The van der Waals surface area contributed by atoms with Crippen LogP contribution in [0.25, 0.3) is 0 Å². The lowest BCUT2D eigenvalue weighted by Gasteiger charge is -2.26. The summed E-state index contributed by atoms with van der Waals surface area (Å²) in [4.78, 5) is 0.196. The van der Waals surface area contributed by atoms with E-state index in [0.717, 1.165) is 6.54 Å². The number of halogens is 2. The molecule has 0 atom stereocenters. The second-order valence-electron chi connectivity index (χ2n) is 4.33. The molecule has 5 heteroatoms. The number of benzene rings is 1. The zero-order valence-corrected chi connectivity index (χ0v) is 11.7. The predicted molar refractivity (Wildman–Crippen MR) is 75.8 cm³/mol. The number of hydrogen-bond acceptors (Lipinski definition) is 2. The minimum absolute atomic E-state index is 0.196. The van der Waals surface area contributed by atoms with Gasteiger partial charge in [0.2, 0.25) is 0 Å². The maximum Gasteiger partial charge on any atom is 0.161 e. The third-order valence-corrected chi connectivity index (χ3v) is 4.15. The molecule has 1 aromatic rings. The number of anilines is 1. The molecule has 92 valence electrons. The van der Waals surface area contributed by atoms with Gasteiger partial charge < -0.3 is 11.1 Å². The summed E-state index contributed by atoms with van der Waals surface area (Å²) in [7, 11) is 0. The van der Waals surface area contributed by atoms with Gasteiger partial charge in [-0.25, -0.2) is 4.39 Å². The van der Waals surface area contributed by atoms with Crippen molar-refractivity contribution in [2.24, 2.45) is 11.7 Å². The molecule has 17 heavy (non-hydrogen) atoms. The SMILES string of the molecule is NC(=S)c1ccc(NCC2CCC2)c(F)c1Br. The van der Waals surface area contributed by atoms with Crippen molar-refractivity contribution in [3.05, 3.63) is 28.0 Å². The summed E-state index contributed by atoms with van der Waals surface area (Å²) in [6, 6.07) is 3.42. The highest BCUT2D eigenvalue weighted by Crippen LogP contribution is 2.30.